The maximum absolute atomic E-state index is 13.2. The molecule has 25 heavy (non-hydrogen) atoms. The van der Waals surface area contributed by atoms with Crippen molar-refractivity contribution in [2.75, 3.05) is 33.3 Å². The fourth-order valence-electron chi connectivity index (χ4n) is 3.94. The molecule has 2 aromatic rings. The van der Waals surface area contributed by atoms with Gasteiger partial charge in [-0.25, -0.2) is 0 Å². The topological polar surface area (TPSA) is 45.9 Å². The number of benzene rings is 1. The largest absolute Gasteiger partial charge is 0.451 e. The monoisotopic (exact) mass is 364 g/mol. The number of aryl methyl sites for hydroxylation is 2. The van der Waals surface area contributed by atoms with Gasteiger partial charge in [0, 0.05) is 43.4 Å². The molecule has 1 amide bonds. The molecule has 0 radical (unpaired) electrons. The molecule has 5 nitrogen and oxygen atoms in total. The van der Waals surface area contributed by atoms with Gasteiger partial charge >= 0.3 is 0 Å². The highest BCUT2D eigenvalue weighted by Gasteiger charge is 2.47. The Balaban J connectivity index is 0.00000182. The van der Waals surface area contributed by atoms with Crippen molar-refractivity contribution in [1.82, 2.24) is 9.80 Å². The van der Waals surface area contributed by atoms with Gasteiger partial charge in [0.25, 0.3) is 5.91 Å². The van der Waals surface area contributed by atoms with Gasteiger partial charge in [-0.05, 0) is 32.5 Å². The number of rotatable bonds is 1. The average Bonchev–Trinajstić information content (AvgIpc) is 3.12. The van der Waals surface area contributed by atoms with E-state index in [-0.39, 0.29) is 18.3 Å². The molecule has 4 rings (SSSR count). The number of hydrogen-bond acceptors (Lipinski definition) is 4. The maximum Gasteiger partial charge on any atom is 0.292 e. The molecule has 0 N–H and O–H groups in total. The molecule has 2 aliphatic rings. The lowest BCUT2D eigenvalue weighted by Crippen LogP contribution is -2.54. The number of furan rings is 1. The van der Waals surface area contributed by atoms with E-state index in [9.17, 15) is 4.79 Å². The van der Waals surface area contributed by atoms with E-state index in [0.29, 0.717) is 18.9 Å². The lowest BCUT2D eigenvalue weighted by molar-refractivity contribution is -0.103. The summed E-state index contributed by atoms with van der Waals surface area (Å²) >= 11 is 0. The Morgan fingerprint density at radius 1 is 1.16 bits per heavy atom. The number of halogens is 1. The number of amides is 1. The Bertz CT molecular complexity index is 793. The first-order chi connectivity index (χ1) is 11.5. The minimum Gasteiger partial charge on any atom is -0.451 e. The van der Waals surface area contributed by atoms with Crippen molar-refractivity contribution in [2.45, 2.75) is 32.4 Å². The fourth-order valence-corrected chi connectivity index (χ4v) is 3.94. The summed E-state index contributed by atoms with van der Waals surface area (Å²) in [4.78, 5) is 17.4. The van der Waals surface area contributed by atoms with Crippen LogP contribution < -0.4 is 0 Å². The molecule has 1 spiro atoms. The molecule has 3 heterocycles. The Morgan fingerprint density at radius 3 is 2.60 bits per heavy atom. The van der Waals surface area contributed by atoms with Gasteiger partial charge in [-0.3, -0.25) is 4.79 Å². The van der Waals surface area contributed by atoms with Crippen LogP contribution >= 0.6 is 12.4 Å². The summed E-state index contributed by atoms with van der Waals surface area (Å²) in [6.07, 6.45) is 1.71. The van der Waals surface area contributed by atoms with E-state index in [2.05, 4.69) is 18.0 Å². The molecule has 0 atom stereocenters. The molecule has 6 heteroatoms. The van der Waals surface area contributed by atoms with Crippen LogP contribution in [-0.2, 0) is 4.74 Å². The molecular formula is C19H25ClN2O3. The number of piperidine rings is 1. The van der Waals surface area contributed by atoms with Gasteiger partial charge in [0.15, 0.2) is 5.76 Å². The minimum absolute atomic E-state index is 0. The lowest BCUT2D eigenvalue weighted by atomic mass is 9.98. The van der Waals surface area contributed by atoms with Crippen LogP contribution in [-0.4, -0.2) is 54.7 Å². The predicted molar refractivity (Wildman–Crippen MR) is 99.4 cm³/mol. The zero-order valence-corrected chi connectivity index (χ0v) is 15.8. The summed E-state index contributed by atoms with van der Waals surface area (Å²) in [5, 5.41) is 1.02. The molecule has 0 bridgehead atoms. The van der Waals surface area contributed by atoms with Crippen LogP contribution in [0.1, 0.15) is 34.5 Å². The zero-order chi connectivity index (χ0) is 16.9. The maximum atomic E-state index is 13.2. The summed E-state index contributed by atoms with van der Waals surface area (Å²) < 4.78 is 12.0. The van der Waals surface area contributed by atoms with Crippen LogP contribution in [0.15, 0.2) is 22.6 Å². The van der Waals surface area contributed by atoms with Gasteiger partial charge in [-0.2, -0.15) is 0 Å². The summed E-state index contributed by atoms with van der Waals surface area (Å²) in [5.74, 6) is 0.419. The number of carbonyl (C=O) groups excluding carboxylic acids is 1. The second-order valence-corrected chi connectivity index (χ2v) is 7.11. The molecule has 2 fully saturated rings. The van der Waals surface area contributed by atoms with Crippen LogP contribution in [0, 0.1) is 13.8 Å². The molecular weight excluding hydrogens is 340 g/mol. The van der Waals surface area contributed by atoms with Crippen molar-refractivity contribution in [1.29, 1.82) is 0 Å². The highest BCUT2D eigenvalue weighted by molar-refractivity contribution is 5.99. The van der Waals surface area contributed by atoms with Crippen molar-refractivity contribution in [3.63, 3.8) is 0 Å². The number of nitrogens with zero attached hydrogens (tertiary/aromatic N) is 2. The smallest absolute Gasteiger partial charge is 0.292 e. The van der Waals surface area contributed by atoms with Crippen molar-refractivity contribution >= 4 is 29.3 Å². The number of fused-ring (bicyclic) bond motifs is 1. The van der Waals surface area contributed by atoms with E-state index in [1.807, 2.05) is 30.9 Å². The van der Waals surface area contributed by atoms with Crippen LogP contribution in [0.25, 0.3) is 11.0 Å². The van der Waals surface area contributed by atoms with Crippen LogP contribution in [0.4, 0.5) is 0 Å². The van der Waals surface area contributed by atoms with E-state index in [0.717, 1.165) is 48.0 Å². The van der Waals surface area contributed by atoms with Crippen molar-refractivity contribution < 1.29 is 13.9 Å². The van der Waals surface area contributed by atoms with Crippen molar-refractivity contribution in [3.8, 4) is 0 Å². The minimum atomic E-state index is -0.453. The van der Waals surface area contributed by atoms with E-state index < -0.39 is 5.72 Å². The summed E-state index contributed by atoms with van der Waals surface area (Å²) in [7, 11) is 2.11. The normalized spacial score (nSPS) is 20.2. The molecule has 136 valence electrons. The van der Waals surface area contributed by atoms with E-state index >= 15 is 0 Å². The average molecular weight is 365 g/mol. The Morgan fingerprint density at radius 2 is 1.88 bits per heavy atom. The van der Waals surface area contributed by atoms with E-state index in [4.69, 9.17) is 9.15 Å². The molecule has 0 unspecified atom stereocenters. The third-order valence-electron chi connectivity index (χ3n) is 5.48. The molecule has 2 saturated heterocycles. The van der Waals surface area contributed by atoms with Crippen molar-refractivity contribution in [3.05, 3.63) is 35.1 Å². The Labute approximate surface area is 154 Å². The van der Waals surface area contributed by atoms with Gasteiger partial charge in [0.1, 0.15) is 11.3 Å². The summed E-state index contributed by atoms with van der Waals surface area (Å²) in [5.41, 5.74) is 2.38. The third kappa shape index (κ3) is 2.94. The standard InChI is InChI=1S/C19H24N2O3.ClH/c1-13-4-5-15-14(2)17(24-16(15)12-13)18(22)21-10-11-23-19(21)6-8-20(3)9-7-19;/h4-5,12H,6-11H2,1-3H3;1H. The van der Waals surface area contributed by atoms with Crippen molar-refractivity contribution in [2.24, 2.45) is 0 Å². The van der Waals surface area contributed by atoms with Gasteiger partial charge in [0.05, 0.1) is 6.61 Å². The van der Waals surface area contributed by atoms with Crippen LogP contribution in [0.2, 0.25) is 0 Å². The highest BCUT2D eigenvalue weighted by atomic mass is 35.5. The first kappa shape index (κ1) is 18.2. The number of carbonyl (C=O) groups is 1. The summed E-state index contributed by atoms with van der Waals surface area (Å²) in [6, 6.07) is 6.08. The van der Waals surface area contributed by atoms with Gasteiger partial charge in [-0.15, -0.1) is 12.4 Å². The quantitative estimate of drug-likeness (QED) is 0.778. The molecule has 1 aromatic heterocycles. The predicted octanol–water partition coefficient (Wildman–Crippen LogP) is 3.37. The Hall–Kier alpha value is -1.56. The number of hydrogen-bond donors (Lipinski definition) is 0. The molecule has 1 aromatic carbocycles. The van der Waals surface area contributed by atoms with Crippen LogP contribution in [0.5, 0.6) is 0 Å². The third-order valence-corrected chi connectivity index (χ3v) is 5.48. The first-order valence-electron chi connectivity index (χ1n) is 8.64. The molecule has 0 saturated carbocycles. The molecule has 0 aliphatic carbocycles. The SMILES string of the molecule is Cc1ccc2c(C)c(C(=O)N3CCOC34CCN(C)CC4)oc2c1.Cl. The summed E-state index contributed by atoms with van der Waals surface area (Å²) in [6.45, 7) is 7.13. The lowest BCUT2D eigenvalue weighted by Gasteiger charge is -2.42. The zero-order valence-electron chi connectivity index (χ0n) is 15.0. The second kappa shape index (κ2) is 6.63. The first-order valence-corrected chi connectivity index (χ1v) is 8.64. The van der Waals surface area contributed by atoms with E-state index in [1.165, 1.54) is 0 Å². The number of likely N-dealkylation sites (tertiary alicyclic amines) is 1. The fraction of sp³-hybridized carbons (Fsp3) is 0.526. The molecule has 2 aliphatic heterocycles. The van der Waals surface area contributed by atoms with Gasteiger partial charge in [-0.1, -0.05) is 12.1 Å². The Kier molecular flexibility index (Phi) is 4.84. The van der Waals surface area contributed by atoms with E-state index in [1.54, 1.807) is 0 Å². The second-order valence-electron chi connectivity index (χ2n) is 7.11. The van der Waals surface area contributed by atoms with Crippen LogP contribution in [0.3, 0.4) is 0 Å². The highest BCUT2D eigenvalue weighted by Crippen LogP contribution is 2.36. The number of ether oxygens (including phenoxy) is 1. The van der Waals surface area contributed by atoms with Gasteiger partial charge in [0.2, 0.25) is 0 Å². The van der Waals surface area contributed by atoms with Gasteiger partial charge < -0.3 is 19.0 Å².